The molecular formula is C13H15O4PS. The largest absolute Gasteiger partial charge is 0.462 e. The highest BCUT2D eigenvalue weighted by Crippen LogP contribution is 2.32. The Morgan fingerprint density at radius 3 is 2.84 bits per heavy atom. The molecule has 0 aliphatic rings. The van der Waals surface area contributed by atoms with E-state index in [0.717, 1.165) is 22.1 Å². The number of ether oxygens (including phenoxy) is 1. The van der Waals surface area contributed by atoms with Crippen LogP contribution in [-0.2, 0) is 10.9 Å². The van der Waals surface area contributed by atoms with E-state index >= 15 is 0 Å². The highest BCUT2D eigenvalue weighted by atomic mass is 32.1. The van der Waals surface area contributed by atoms with Crippen LogP contribution in [0.25, 0.3) is 10.1 Å². The van der Waals surface area contributed by atoms with Crippen molar-refractivity contribution in [2.45, 2.75) is 19.5 Å². The first-order chi connectivity index (χ1) is 9.10. The Balaban J connectivity index is 2.22. The molecule has 0 radical (unpaired) electrons. The second-order valence-corrected chi connectivity index (χ2v) is 6.29. The van der Waals surface area contributed by atoms with Crippen LogP contribution in [0.1, 0.15) is 28.6 Å². The minimum absolute atomic E-state index is 0.247. The molecule has 0 saturated carbocycles. The van der Waals surface area contributed by atoms with Crippen LogP contribution in [0.5, 0.6) is 0 Å². The molecule has 6 heteroatoms. The van der Waals surface area contributed by atoms with Gasteiger partial charge in [-0.25, -0.2) is 4.79 Å². The van der Waals surface area contributed by atoms with Gasteiger partial charge in [0, 0.05) is 10.9 Å². The lowest BCUT2D eigenvalue weighted by Crippen LogP contribution is -2.03. The van der Waals surface area contributed by atoms with Crippen LogP contribution >= 0.6 is 19.7 Å². The average Bonchev–Trinajstić information content (AvgIpc) is 2.78. The van der Waals surface area contributed by atoms with E-state index in [4.69, 9.17) is 14.5 Å². The van der Waals surface area contributed by atoms with E-state index in [1.165, 1.54) is 11.3 Å². The van der Waals surface area contributed by atoms with Gasteiger partial charge in [-0.2, -0.15) is 0 Å². The van der Waals surface area contributed by atoms with Crippen molar-refractivity contribution >= 4 is 35.8 Å². The van der Waals surface area contributed by atoms with Gasteiger partial charge in [0.05, 0.1) is 6.61 Å². The Bertz CT molecular complexity index is 579. The van der Waals surface area contributed by atoms with Crippen molar-refractivity contribution in [2.24, 2.45) is 0 Å². The van der Waals surface area contributed by atoms with E-state index in [2.05, 4.69) is 0 Å². The molecule has 2 rings (SSSR count). The molecule has 19 heavy (non-hydrogen) atoms. The summed E-state index contributed by atoms with van der Waals surface area (Å²) in [6.45, 7) is 2.38. The second-order valence-electron chi connectivity index (χ2n) is 4.15. The summed E-state index contributed by atoms with van der Waals surface area (Å²) in [6.07, 6.45) is 1.05. The zero-order valence-electron chi connectivity index (χ0n) is 10.5. The maximum Gasteiger partial charge on any atom is 0.348 e. The monoisotopic (exact) mass is 298 g/mol. The third-order valence-corrected chi connectivity index (χ3v) is 4.29. The fourth-order valence-electron chi connectivity index (χ4n) is 1.72. The first-order valence-corrected chi connectivity index (χ1v) is 8.20. The van der Waals surface area contributed by atoms with Gasteiger partial charge in [-0.1, -0.05) is 13.0 Å². The summed E-state index contributed by atoms with van der Waals surface area (Å²) in [5, 5.41) is 0.933. The lowest BCUT2D eigenvalue weighted by Gasteiger charge is -2.01. The molecule has 0 fully saturated rings. The Kier molecular flexibility index (Phi) is 4.88. The normalized spacial score (nSPS) is 11.2. The molecule has 1 aromatic heterocycles. The molecule has 0 amide bonds. The van der Waals surface area contributed by atoms with Crippen LogP contribution in [0.3, 0.4) is 0 Å². The Labute approximate surface area is 116 Å². The minimum Gasteiger partial charge on any atom is -0.462 e. The number of carbonyl (C=O) groups excluding carboxylic acids is 1. The lowest BCUT2D eigenvalue weighted by atomic mass is 10.2. The molecule has 2 N–H and O–H groups in total. The average molecular weight is 298 g/mol. The van der Waals surface area contributed by atoms with Gasteiger partial charge in [0.1, 0.15) is 4.88 Å². The van der Waals surface area contributed by atoms with Crippen molar-refractivity contribution < 1.29 is 19.3 Å². The summed E-state index contributed by atoms with van der Waals surface area (Å²) in [6, 6.07) is 7.41. The molecule has 0 bridgehead atoms. The van der Waals surface area contributed by atoms with Crippen molar-refractivity contribution in [1.29, 1.82) is 0 Å². The summed E-state index contributed by atoms with van der Waals surface area (Å²) in [4.78, 5) is 30.4. The summed E-state index contributed by atoms with van der Waals surface area (Å²) < 4.78 is 6.09. The molecule has 0 spiro atoms. The van der Waals surface area contributed by atoms with Crippen molar-refractivity contribution in [2.75, 3.05) is 6.61 Å². The van der Waals surface area contributed by atoms with Crippen LogP contribution in [0.4, 0.5) is 0 Å². The molecule has 0 aliphatic heterocycles. The number of carbonyl (C=O) groups is 1. The zero-order valence-corrected chi connectivity index (χ0v) is 12.2. The summed E-state index contributed by atoms with van der Waals surface area (Å²) in [5.41, 5.74) is 0.856. The smallest absolute Gasteiger partial charge is 0.348 e. The molecule has 0 aliphatic carbocycles. The molecule has 4 nitrogen and oxygen atoms in total. The number of hydrogen-bond donors (Lipinski definition) is 2. The Morgan fingerprint density at radius 1 is 1.37 bits per heavy atom. The summed E-state index contributed by atoms with van der Waals surface area (Å²) >= 11 is 1.39. The molecule has 2 aromatic rings. The van der Waals surface area contributed by atoms with E-state index in [0.29, 0.717) is 11.5 Å². The fraction of sp³-hybridized carbons (Fsp3) is 0.308. The summed E-state index contributed by atoms with van der Waals surface area (Å²) in [7, 11) is -1.93. The predicted octanol–water partition coefficient (Wildman–Crippen LogP) is 3.26. The Morgan fingerprint density at radius 2 is 2.16 bits per heavy atom. The first kappa shape index (κ1) is 14.4. The minimum atomic E-state index is -1.93. The number of hydrogen-bond acceptors (Lipinski definition) is 5. The lowest BCUT2D eigenvalue weighted by molar-refractivity contribution is 0.0511. The van der Waals surface area contributed by atoms with E-state index in [-0.39, 0.29) is 12.1 Å². The van der Waals surface area contributed by atoms with E-state index in [1.807, 2.05) is 25.1 Å². The number of esters is 1. The molecule has 0 unspecified atom stereocenters. The van der Waals surface area contributed by atoms with E-state index < -0.39 is 8.38 Å². The molecular weight excluding hydrogens is 283 g/mol. The van der Waals surface area contributed by atoms with Gasteiger partial charge in [-0.3, -0.25) is 0 Å². The third kappa shape index (κ3) is 3.74. The van der Waals surface area contributed by atoms with Crippen molar-refractivity contribution in [3.8, 4) is 0 Å². The molecule has 0 saturated heterocycles. The maximum atomic E-state index is 11.7. The maximum absolute atomic E-state index is 11.7. The van der Waals surface area contributed by atoms with E-state index in [1.54, 1.807) is 6.07 Å². The van der Waals surface area contributed by atoms with Gasteiger partial charge >= 0.3 is 5.97 Å². The fourth-order valence-corrected chi connectivity index (χ4v) is 3.18. The first-order valence-electron chi connectivity index (χ1n) is 5.95. The Hall–Kier alpha value is -1.00. The number of benzene rings is 1. The molecule has 102 valence electrons. The highest BCUT2D eigenvalue weighted by Gasteiger charge is 2.12. The van der Waals surface area contributed by atoms with Crippen LogP contribution in [-0.4, -0.2) is 22.4 Å². The molecule has 1 heterocycles. The van der Waals surface area contributed by atoms with E-state index in [9.17, 15) is 4.79 Å². The van der Waals surface area contributed by atoms with Crippen molar-refractivity contribution in [3.63, 3.8) is 0 Å². The second kappa shape index (κ2) is 6.44. The van der Waals surface area contributed by atoms with Crippen molar-refractivity contribution in [3.05, 3.63) is 34.7 Å². The number of thiophene rings is 1. The van der Waals surface area contributed by atoms with Gasteiger partial charge in [-0.05, 0) is 35.6 Å². The standard InChI is InChI=1S/C13H15O4PS/c1-2-5-17-13(14)12-7-10-6-9(8-18(15)16)3-4-11(10)19-12/h3-4,6-7,15-16H,2,5,8H2,1H3. The van der Waals surface area contributed by atoms with Gasteiger partial charge in [0.25, 0.3) is 0 Å². The van der Waals surface area contributed by atoms with Crippen LogP contribution in [0.2, 0.25) is 0 Å². The topological polar surface area (TPSA) is 66.8 Å². The van der Waals surface area contributed by atoms with Gasteiger partial charge in [0.2, 0.25) is 0 Å². The zero-order chi connectivity index (χ0) is 13.8. The van der Waals surface area contributed by atoms with Crippen molar-refractivity contribution in [1.82, 2.24) is 0 Å². The highest BCUT2D eigenvalue weighted by molar-refractivity contribution is 7.44. The van der Waals surface area contributed by atoms with Crippen LogP contribution in [0.15, 0.2) is 24.3 Å². The van der Waals surface area contributed by atoms with Gasteiger partial charge in [-0.15, -0.1) is 11.3 Å². The van der Waals surface area contributed by atoms with Gasteiger partial charge in [0.15, 0.2) is 8.38 Å². The van der Waals surface area contributed by atoms with Crippen LogP contribution < -0.4 is 0 Å². The number of rotatable bonds is 5. The van der Waals surface area contributed by atoms with Gasteiger partial charge < -0.3 is 14.5 Å². The quantitative estimate of drug-likeness (QED) is 0.657. The third-order valence-electron chi connectivity index (χ3n) is 2.54. The predicted molar refractivity (Wildman–Crippen MR) is 77.5 cm³/mol. The molecule has 0 atom stereocenters. The number of fused-ring (bicyclic) bond motifs is 1. The SMILES string of the molecule is CCCOC(=O)c1cc2cc(CP(O)O)ccc2s1. The summed E-state index contributed by atoms with van der Waals surface area (Å²) in [5.74, 6) is -0.295. The molecule has 1 aromatic carbocycles. The van der Waals surface area contributed by atoms with Crippen LogP contribution in [0, 0.1) is 0 Å².